The molecule has 0 saturated carbocycles. The van der Waals surface area contributed by atoms with Gasteiger partial charge in [0.25, 0.3) is 0 Å². The first-order valence-electron chi connectivity index (χ1n) is 12.8. The Hall–Kier alpha value is -3.47. The Bertz CT molecular complexity index is 1100. The van der Waals surface area contributed by atoms with Gasteiger partial charge in [0.1, 0.15) is 5.75 Å². The lowest BCUT2D eigenvalue weighted by atomic mass is 10.0. The molecule has 0 aliphatic heterocycles. The molecule has 0 saturated heterocycles. The number of hydrogen-bond acceptors (Lipinski definition) is 4. The van der Waals surface area contributed by atoms with Crippen molar-refractivity contribution in [2.45, 2.75) is 71.1 Å². The molecule has 0 atom stereocenters. The second-order valence-electron chi connectivity index (χ2n) is 8.86. The molecule has 0 spiro atoms. The third-order valence-corrected chi connectivity index (χ3v) is 6.01. The van der Waals surface area contributed by atoms with Crippen molar-refractivity contribution in [2.75, 3.05) is 0 Å². The van der Waals surface area contributed by atoms with Crippen molar-refractivity contribution in [3.8, 4) is 5.75 Å². The van der Waals surface area contributed by atoms with Crippen molar-refractivity contribution in [1.82, 2.24) is 5.43 Å². The highest BCUT2D eigenvalue weighted by Crippen LogP contribution is 2.21. The van der Waals surface area contributed by atoms with Crippen LogP contribution in [0.1, 0.15) is 87.1 Å². The van der Waals surface area contributed by atoms with Crippen LogP contribution < -0.4 is 10.2 Å². The number of unbranched alkanes of at least 4 members (excludes halogenated alkanes) is 8. The monoisotopic (exact) mass is 472 g/mol. The lowest BCUT2D eigenvalue weighted by Crippen LogP contribution is -2.16. The number of fused-ring (bicyclic) bond motifs is 1. The van der Waals surface area contributed by atoms with E-state index in [0.717, 1.165) is 29.2 Å². The molecule has 3 aromatic carbocycles. The number of nitrogens with one attached hydrogen (secondary N) is 1. The van der Waals surface area contributed by atoms with Crippen LogP contribution in [0.5, 0.6) is 5.75 Å². The quantitative estimate of drug-likeness (QED) is 0.0872. The Morgan fingerprint density at radius 1 is 0.800 bits per heavy atom. The summed E-state index contributed by atoms with van der Waals surface area (Å²) in [6, 6.07) is 20.3. The van der Waals surface area contributed by atoms with Crippen LogP contribution in [-0.2, 0) is 4.79 Å². The number of esters is 1. The van der Waals surface area contributed by atoms with E-state index in [-0.39, 0.29) is 5.91 Å². The number of carbonyl (C=O) groups excluding carboxylic acids is 2. The van der Waals surface area contributed by atoms with E-state index in [1.165, 1.54) is 44.9 Å². The van der Waals surface area contributed by atoms with E-state index in [9.17, 15) is 9.59 Å². The Morgan fingerprint density at radius 3 is 2.20 bits per heavy atom. The molecule has 3 rings (SSSR count). The average molecular weight is 473 g/mol. The van der Waals surface area contributed by atoms with Crippen molar-refractivity contribution >= 4 is 28.9 Å². The van der Waals surface area contributed by atoms with Gasteiger partial charge < -0.3 is 4.74 Å². The Balaban J connectivity index is 1.36. The molecule has 5 nitrogen and oxygen atoms in total. The number of ether oxygens (including phenoxy) is 1. The van der Waals surface area contributed by atoms with Crippen LogP contribution in [0.4, 0.5) is 0 Å². The Kier molecular flexibility index (Phi) is 11.0. The molecule has 3 aromatic rings. The van der Waals surface area contributed by atoms with Crippen molar-refractivity contribution < 1.29 is 14.3 Å². The molecule has 0 fully saturated rings. The minimum absolute atomic E-state index is 0.0650. The van der Waals surface area contributed by atoms with Gasteiger partial charge in [0.05, 0.1) is 11.8 Å². The number of hydrogen-bond donors (Lipinski definition) is 1. The average Bonchev–Trinajstić information content (AvgIpc) is 2.88. The van der Waals surface area contributed by atoms with Gasteiger partial charge in [0.15, 0.2) is 0 Å². The number of carbonyl (C=O) groups is 2. The summed E-state index contributed by atoms with van der Waals surface area (Å²) in [5, 5.41) is 5.90. The van der Waals surface area contributed by atoms with Crippen molar-refractivity contribution in [2.24, 2.45) is 5.10 Å². The molecular formula is C30H36N2O3. The molecule has 0 heterocycles. The van der Waals surface area contributed by atoms with Gasteiger partial charge >= 0.3 is 5.97 Å². The van der Waals surface area contributed by atoms with Crippen LogP contribution in [0.25, 0.3) is 10.8 Å². The molecule has 1 N–H and O–H groups in total. The highest BCUT2D eigenvalue weighted by atomic mass is 16.5. The smallest absolute Gasteiger partial charge is 0.344 e. The van der Waals surface area contributed by atoms with Gasteiger partial charge in [-0.25, -0.2) is 10.2 Å². The van der Waals surface area contributed by atoms with E-state index in [1.54, 1.807) is 36.5 Å². The molecule has 0 aliphatic rings. The summed E-state index contributed by atoms with van der Waals surface area (Å²) in [7, 11) is 0. The molecule has 0 bridgehead atoms. The zero-order valence-corrected chi connectivity index (χ0v) is 20.7. The zero-order valence-electron chi connectivity index (χ0n) is 20.7. The fourth-order valence-corrected chi connectivity index (χ4v) is 4.02. The molecule has 184 valence electrons. The third kappa shape index (κ3) is 9.01. The van der Waals surface area contributed by atoms with Gasteiger partial charge in [-0.15, -0.1) is 0 Å². The van der Waals surface area contributed by atoms with Crippen molar-refractivity contribution in [1.29, 1.82) is 0 Å². The van der Waals surface area contributed by atoms with E-state index in [4.69, 9.17) is 4.74 Å². The number of nitrogens with zero attached hydrogens (tertiary/aromatic N) is 1. The summed E-state index contributed by atoms with van der Waals surface area (Å²) in [5.74, 6) is -0.00806. The van der Waals surface area contributed by atoms with E-state index >= 15 is 0 Å². The molecule has 0 aliphatic carbocycles. The van der Waals surface area contributed by atoms with Crippen LogP contribution in [0.2, 0.25) is 0 Å². The second-order valence-corrected chi connectivity index (χ2v) is 8.86. The van der Waals surface area contributed by atoms with Gasteiger partial charge in [-0.1, -0.05) is 94.7 Å². The Labute approximate surface area is 208 Å². The van der Waals surface area contributed by atoms with Crippen LogP contribution in [0, 0.1) is 0 Å². The Morgan fingerprint density at radius 2 is 1.46 bits per heavy atom. The molecule has 5 heteroatoms. The fraction of sp³-hybridized carbons (Fsp3) is 0.367. The third-order valence-electron chi connectivity index (χ3n) is 6.01. The summed E-state index contributed by atoms with van der Waals surface area (Å²) in [5.41, 5.74) is 3.92. The molecule has 0 aromatic heterocycles. The first kappa shape index (κ1) is 26.1. The lowest BCUT2D eigenvalue weighted by Gasteiger charge is -2.07. The minimum Gasteiger partial charge on any atom is -0.423 e. The molecule has 1 amide bonds. The van der Waals surface area contributed by atoms with E-state index in [2.05, 4.69) is 17.5 Å². The summed E-state index contributed by atoms with van der Waals surface area (Å²) in [4.78, 5) is 24.6. The maximum Gasteiger partial charge on any atom is 0.344 e. The summed E-state index contributed by atoms with van der Waals surface area (Å²) in [6.07, 6.45) is 13.1. The topological polar surface area (TPSA) is 67.8 Å². The van der Waals surface area contributed by atoms with Gasteiger partial charge in [-0.05, 0) is 53.1 Å². The molecule has 0 radical (unpaired) electrons. The summed E-state index contributed by atoms with van der Waals surface area (Å²) >= 11 is 0. The summed E-state index contributed by atoms with van der Waals surface area (Å²) in [6.45, 7) is 2.23. The number of rotatable bonds is 14. The highest BCUT2D eigenvalue weighted by Gasteiger charge is 2.12. The predicted octanol–water partition coefficient (Wildman–Crippen LogP) is 7.43. The number of hydrazone groups is 1. The number of benzene rings is 3. The standard InChI is InChI=1S/C30H36N2O3/c1-2-3-4-5-6-7-8-9-10-18-29(33)32-31-23-24-19-21-26(22-20-24)35-30(34)28-17-13-15-25-14-11-12-16-27(25)28/h11-17,19-23H,2-10,18H2,1H3,(H,32,33). The highest BCUT2D eigenvalue weighted by molar-refractivity contribution is 6.05. The van der Waals surface area contributed by atoms with Crippen LogP contribution in [0.3, 0.4) is 0 Å². The van der Waals surface area contributed by atoms with Gasteiger partial charge in [0, 0.05) is 6.42 Å². The zero-order chi connectivity index (χ0) is 24.7. The van der Waals surface area contributed by atoms with E-state index in [1.807, 2.05) is 36.4 Å². The van der Waals surface area contributed by atoms with Crippen LogP contribution in [-0.4, -0.2) is 18.1 Å². The summed E-state index contributed by atoms with van der Waals surface area (Å²) < 4.78 is 5.55. The first-order chi connectivity index (χ1) is 17.2. The first-order valence-corrected chi connectivity index (χ1v) is 12.8. The van der Waals surface area contributed by atoms with Gasteiger partial charge in [-0.2, -0.15) is 5.10 Å². The predicted molar refractivity (Wildman–Crippen MR) is 143 cm³/mol. The van der Waals surface area contributed by atoms with Crippen molar-refractivity contribution in [3.05, 3.63) is 77.9 Å². The number of amides is 1. The van der Waals surface area contributed by atoms with Crippen LogP contribution in [0.15, 0.2) is 71.8 Å². The molecule has 0 unspecified atom stereocenters. The SMILES string of the molecule is CCCCCCCCCCCC(=O)NN=Cc1ccc(OC(=O)c2cccc3ccccc23)cc1. The second kappa shape index (κ2) is 14.7. The van der Waals surface area contributed by atoms with E-state index < -0.39 is 5.97 Å². The van der Waals surface area contributed by atoms with Crippen LogP contribution >= 0.6 is 0 Å². The largest absolute Gasteiger partial charge is 0.423 e. The minimum atomic E-state index is -0.396. The fourth-order valence-electron chi connectivity index (χ4n) is 4.02. The van der Waals surface area contributed by atoms with Crippen molar-refractivity contribution in [3.63, 3.8) is 0 Å². The van der Waals surface area contributed by atoms with Gasteiger partial charge in [0.2, 0.25) is 5.91 Å². The lowest BCUT2D eigenvalue weighted by molar-refractivity contribution is -0.121. The maximum absolute atomic E-state index is 12.7. The molecule has 35 heavy (non-hydrogen) atoms. The molecular weight excluding hydrogens is 436 g/mol. The normalized spacial score (nSPS) is 11.1. The van der Waals surface area contributed by atoms with E-state index in [0.29, 0.717) is 17.7 Å². The van der Waals surface area contributed by atoms with Gasteiger partial charge in [-0.3, -0.25) is 4.79 Å². The maximum atomic E-state index is 12.7.